The van der Waals surface area contributed by atoms with Crippen LogP contribution in [0, 0.1) is 11.3 Å². The second-order valence-corrected chi connectivity index (χ2v) is 7.55. The van der Waals surface area contributed by atoms with Gasteiger partial charge in [0.2, 0.25) is 10.0 Å². The Morgan fingerprint density at radius 1 is 1.39 bits per heavy atom. The minimum atomic E-state index is -3.72. The molecule has 23 heavy (non-hydrogen) atoms. The van der Waals surface area contributed by atoms with Crippen molar-refractivity contribution < 1.29 is 8.42 Å². The molecule has 0 spiro atoms. The van der Waals surface area contributed by atoms with Crippen LogP contribution in [0.25, 0.3) is 0 Å². The summed E-state index contributed by atoms with van der Waals surface area (Å²) in [6.07, 6.45) is 5.05. The first kappa shape index (κ1) is 16.0. The van der Waals surface area contributed by atoms with E-state index in [1.54, 1.807) is 0 Å². The van der Waals surface area contributed by atoms with Gasteiger partial charge < -0.3 is 4.57 Å². The van der Waals surface area contributed by atoms with Gasteiger partial charge in [0.05, 0.1) is 27.7 Å². The van der Waals surface area contributed by atoms with Gasteiger partial charge in [-0.2, -0.15) is 5.26 Å². The Morgan fingerprint density at radius 2 is 2.22 bits per heavy atom. The average molecular weight is 351 g/mol. The summed E-state index contributed by atoms with van der Waals surface area (Å²) < 4.78 is 29.2. The lowest BCUT2D eigenvalue weighted by Gasteiger charge is -2.11. The van der Waals surface area contributed by atoms with Gasteiger partial charge in [-0.15, -0.1) is 0 Å². The van der Waals surface area contributed by atoms with E-state index in [0.29, 0.717) is 5.69 Å². The Morgan fingerprint density at radius 3 is 2.96 bits per heavy atom. The lowest BCUT2D eigenvalue weighted by molar-refractivity contribution is 0.522. The van der Waals surface area contributed by atoms with Gasteiger partial charge in [-0.05, 0) is 31.0 Å². The first-order valence-corrected chi connectivity index (χ1v) is 9.10. The Kier molecular flexibility index (Phi) is 4.39. The van der Waals surface area contributed by atoms with Crippen LogP contribution in [-0.2, 0) is 29.5 Å². The molecular formula is C15H15ClN4O2S. The van der Waals surface area contributed by atoms with Crippen molar-refractivity contribution in [3.05, 3.63) is 46.5 Å². The molecule has 1 aromatic heterocycles. The van der Waals surface area contributed by atoms with Crippen molar-refractivity contribution in [2.75, 3.05) is 0 Å². The maximum absolute atomic E-state index is 12.3. The van der Waals surface area contributed by atoms with Crippen LogP contribution in [0.15, 0.2) is 29.3 Å². The average Bonchev–Trinajstić information content (AvgIpc) is 2.96. The van der Waals surface area contributed by atoms with Gasteiger partial charge in [-0.1, -0.05) is 11.6 Å². The molecule has 8 heteroatoms. The summed E-state index contributed by atoms with van der Waals surface area (Å²) in [5.74, 6) is 1.00. The fraction of sp³-hybridized carbons (Fsp3) is 0.333. The van der Waals surface area contributed by atoms with Gasteiger partial charge >= 0.3 is 0 Å². The highest BCUT2D eigenvalue weighted by atomic mass is 35.5. The molecule has 0 unspecified atom stereocenters. The number of nitrogens with one attached hydrogen (secondary N) is 1. The van der Waals surface area contributed by atoms with Crippen molar-refractivity contribution in [3.8, 4) is 6.07 Å². The number of rotatable bonds is 4. The summed E-state index contributed by atoms with van der Waals surface area (Å²) in [5.41, 5.74) is 0.826. The van der Waals surface area contributed by atoms with E-state index in [-0.39, 0.29) is 22.0 Å². The van der Waals surface area contributed by atoms with Crippen molar-refractivity contribution in [1.82, 2.24) is 14.3 Å². The molecule has 0 fully saturated rings. The van der Waals surface area contributed by atoms with Crippen molar-refractivity contribution in [2.24, 2.45) is 0 Å². The molecule has 0 radical (unpaired) electrons. The summed E-state index contributed by atoms with van der Waals surface area (Å²) in [4.78, 5) is 4.47. The zero-order valence-corrected chi connectivity index (χ0v) is 13.9. The molecule has 3 rings (SSSR count). The Labute approximate surface area is 139 Å². The smallest absolute Gasteiger partial charge is 0.240 e. The van der Waals surface area contributed by atoms with E-state index >= 15 is 0 Å². The second kappa shape index (κ2) is 6.32. The fourth-order valence-electron chi connectivity index (χ4n) is 2.57. The van der Waals surface area contributed by atoms with Crippen LogP contribution in [0.4, 0.5) is 0 Å². The van der Waals surface area contributed by atoms with E-state index in [1.807, 2.05) is 12.3 Å². The second-order valence-electron chi connectivity index (χ2n) is 5.38. The molecule has 0 saturated carbocycles. The number of fused-ring (bicyclic) bond motifs is 1. The molecule has 1 aliphatic rings. The number of nitriles is 1. The van der Waals surface area contributed by atoms with Crippen molar-refractivity contribution in [3.63, 3.8) is 0 Å². The SMILES string of the molecule is N#Cc1cc(S(=O)(=O)NCc2cn3c(n2)CCCC3)ccc1Cl. The van der Waals surface area contributed by atoms with E-state index in [1.165, 1.54) is 18.2 Å². The van der Waals surface area contributed by atoms with Crippen LogP contribution in [0.3, 0.4) is 0 Å². The molecule has 0 bridgehead atoms. The van der Waals surface area contributed by atoms with Gasteiger partial charge in [0.1, 0.15) is 11.9 Å². The summed E-state index contributed by atoms with van der Waals surface area (Å²) in [6.45, 7) is 1.05. The van der Waals surface area contributed by atoms with E-state index in [2.05, 4.69) is 14.3 Å². The molecule has 0 saturated heterocycles. The highest BCUT2D eigenvalue weighted by Crippen LogP contribution is 2.20. The zero-order valence-electron chi connectivity index (χ0n) is 12.3. The standard InChI is InChI=1S/C15H15ClN4O2S/c16-14-5-4-13(7-11(14)8-17)23(21,22)18-9-12-10-20-6-2-1-3-15(20)19-12/h4-5,7,10,18H,1-3,6,9H2. The maximum atomic E-state index is 12.3. The van der Waals surface area contributed by atoms with Gasteiger partial charge in [0.15, 0.2) is 0 Å². The number of sulfonamides is 1. The molecular weight excluding hydrogens is 336 g/mol. The molecule has 1 aromatic carbocycles. The van der Waals surface area contributed by atoms with Crippen LogP contribution in [0.2, 0.25) is 5.02 Å². The van der Waals surface area contributed by atoms with Gasteiger partial charge in [0.25, 0.3) is 0 Å². The Bertz CT molecular complexity index is 860. The molecule has 1 aliphatic heterocycles. The number of hydrogen-bond acceptors (Lipinski definition) is 4. The molecule has 0 atom stereocenters. The predicted molar refractivity (Wildman–Crippen MR) is 85.4 cm³/mol. The van der Waals surface area contributed by atoms with Gasteiger partial charge in [0, 0.05) is 19.2 Å². The largest absolute Gasteiger partial charge is 0.335 e. The van der Waals surface area contributed by atoms with E-state index in [4.69, 9.17) is 16.9 Å². The summed E-state index contributed by atoms with van der Waals surface area (Å²) in [5, 5.41) is 9.18. The van der Waals surface area contributed by atoms with Gasteiger partial charge in [-0.3, -0.25) is 0 Å². The normalized spacial score (nSPS) is 14.3. The quantitative estimate of drug-likeness (QED) is 0.915. The number of benzene rings is 1. The maximum Gasteiger partial charge on any atom is 0.240 e. The fourth-order valence-corrected chi connectivity index (χ4v) is 3.75. The Hall–Kier alpha value is -1.88. The third kappa shape index (κ3) is 3.39. The van der Waals surface area contributed by atoms with Crippen molar-refractivity contribution in [2.45, 2.75) is 37.2 Å². The summed E-state index contributed by atoms with van der Waals surface area (Å²) >= 11 is 5.83. The molecule has 2 aromatic rings. The topological polar surface area (TPSA) is 87.8 Å². The molecule has 2 heterocycles. The van der Waals surface area contributed by atoms with E-state index in [9.17, 15) is 8.42 Å². The number of halogens is 1. The highest BCUT2D eigenvalue weighted by molar-refractivity contribution is 7.89. The number of aryl methyl sites for hydroxylation is 2. The molecule has 0 aliphatic carbocycles. The minimum Gasteiger partial charge on any atom is -0.335 e. The molecule has 1 N–H and O–H groups in total. The zero-order chi connectivity index (χ0) is 16.4. The van der Waals surface area contributed by atoms with Crippen LogP contribution >= 0.6 is 11.6 Å². The lowest BCUT2D eigenvalue weighted by atomic mass is 10.2. The lowest BCUT2D eigenvalue weighted by Crippen LogP contribution is -2.23. The first-order valence-electron chi connectivity index (χ1n) is 7.24. The third-order valence-corrected chi connectivity index (χ3v) is 5.50. The summed E-state index contributed by atoms with van der Waals surface area (Å²) in [6, 6.07) is 5.93. The van der Waals surface area contributed by atoms with Crippen LogP contribution in [-0.4, -0.2) is 18.0 Å². The number of aromatic nitrogens is 2. The molecule has 6 nitrogen and oxygen atoms in total. The first-order chi connectivity index (χ1) is 11.0. The highest BCUT2D eigenvalue weighted by Gasteiger charge is 2.18. The number of hydrogen-bond donors (Lipinski definition) is 1. The number of imidazole rings is 1. The van der Waals surface area contributed by atoms with E-state index < -0.39 is 10.0 Å². The van der Waals surface area contributed by atoms with Crippen molar-refractivity contribution in [1.29, 1.82) is 5.26 Å². The predicted octanol–water partition coefficient (Wildman–Crippen LogP) is 2.22. The van der Waals surface area contributed by atoms with Crippen LogP contribution in [0.5, 0.6) is 0 Å². The van der Waals surface area contributed by atoms with Crippen LogP contribution < -0.4 is 4.72 Å². The van der Waals surface area contributed by atoms with Crippen LogP contribution in [0.1, 0.15) is 29.9 Å². The monoisotopic (exact) mass is 350 g/mol. The van der Waals surface area contributed by atoms with Crippen molar-refractivity contribution >= 4 is 21.6 Å². The van der Waals surface area contributed by atoms with E-state index in [0.717, 1.165) is 31.6 Å². The number of nitrogens with zero attached hydrogens (tertiary/aromatic N) is 3. The minimum absolute atomic E-state index is 0.0161. The summed E-state index contributed by atoms with van der Waals surface area (Å²) in [7, 11) is -3.72. The van der Waals surface area contributed by atoms with Gasteiger partial charge in [-0.25, -0.2) is 18.1 Å². The Balaban J connectivity index is 1.76. The molecule has 0 amide bonds. The third-order valence-electron chi connectivity index (χ3n) is 3.77. The molecule has 120 valence electrons.